The molecule has 0 unspecified atom stereocenters. The molecule has 0 saturated carbocycles. The number of ether oxygens (including phenoxy) is 2. The van der Waals surface area contributed by atoms with Crippen molar-refractivity contribution in [3.8, 4) is 5.75 Å². The number of carbonyl (C=O) groups excluding carboxylic acids is 1. The lowest BCUT2D eigenvalue weighted by molar-refractivity contribution is 0.0602. The second-order valence-electron chi connectivity index (χ2n) is 4.31. The van der Waals surface area contributed by atoms with Gasteiger partial charge in [0.25, 0.3) is 0 Å². The molecule has 0 amide bonds. The standard InChI is InChI=1S/C15H17N3O3/c1-20-11-5-3-10(4-6-11)9-18-14-13(16)12(7-8-17-14)15(19)21-2/h3-8H,9,16H2,1-2H3,(H,17,18). The van der Waals surface area contributed by atoms with Crippen LogP contribution in [0.15, 0.2) is 36.5 Å². The Bertz CT molecular complexity index is 627. The van der Waals surface area contributed by atoms with Crippen LogP contribution in [0, 0.1) is 0 Å². The van der Waals surface area contributed by atoms with Crippen molar-refractivity contribution in [1.29, 1.82) is 0 Å². The maximum Gasteiger partial charge on any atom is 0.340 e. The number of hydrogen-bond acceptors (Lipinski definition) is 6. The highest BCUT2D eigenvalue weighted by molar-refractivity contribution is 5.97. The van der Waals surface area contributed by atoms with Crippen molar-refractivity contribution in [2.75, 3.05) is 25.3 Å². The number of carbonyl (C=O) groups is 1. The van der Waals surface area contributed by atoms with Crippen LogP contribution in [-0.2, 0) is 11.3 Å². The quantitative estimate of drug-likeness (QED) is 0.819. The SMILES string of the molecule is COC(=O)c1ccnc(NCc2ccc(OC)cc2)c1N. The van der Waals surface area contributed by atoms with Gasteiger partial charge in [0, 0.05) is 12.7 Å². The van der Waals surface area contributed by atoms with E-state index in [1.54, 1.807) is 7.11 Å². The van der Waals surface area contributed by atoms with Gasteiger partial charge in [0.15, 0.2) is 0 Å². The molecule has 0 bridgehead atoms. The van der Waals surface area contributed by atoms with Crippen molar-refractivity contribution in [3.05, 3.63) is 47.7 Å². The van der Waals surface area contributed by atoms with Crippen LogP contribution in [0.2, 0.25) is 0 Å². The van der Waals surface area contributed by atoms with Gasteiger partial charge in [0.2, 0.25) is 0 Å². The van der Waals surface area contributed by atoms with Gasteiger partial charge in [-0.2, -0.15) is 0 Å². The first-order valence-electron chi connectivity index (χ1n) is 6.35. The summed E-state index contributed by atoms with van der Waals surface area (Å²) in [6.45, 7) is 0.534. The Hall–Kier alpha value is -2.76. The normalized spacial score (nSPS) is 10.0. The van der Waals surface area contributed by atoms with Gasteiger partial charge in [-0.3, -0.25) is 0 Å². The minimum atomic E-state index is -0.484. The van der Waals surface area contributed by atoms with E-state index < -0.39 is 5.97 Å². The number of nitrogen functional groups attached to an aromatic ring is 1. The molecular weight excluding hydrogens is 270 g/mol. The molecule has 0 aliphatic carbocycles. The molecule has 0 saturated heterocycles. The van der Waals surface area contributed by atoms with E-state index in [0.29, 0.717) is 17.9 Å². The molecule has 2 aromatic rings. The number of hydrogen-bond donors (Lipinski definition) is 2. The first-order chi connectivity index (χ1) is 10.2. The number of nitrogens with two attached hydrogens (primary N) is 1. The number of anilines is 2. The Balaban J connectivity index is 2.10. The van der Waals surface area contributed by atoms with Gasteiger partial charge in [0.1, 0.15) is 11.6 Å². The van der Waals surface area contributed by atoms with Crippen molar-refractivity contribution >= 4 is 17.5 Å². The van der Waals surface area contributed by atoms with Gasteiger partial charge < -0.3 is 20.5 Å². The molecule has 0 fully saturated rings. The summed E-state index contributed by atoms with van der Waals surface area (Å²) < 4.78 is 9.77. The smallest absolute Gasteiger partial charge is 0.340 e. The van der Waals surface area contributed by atoms with Crippen molar-refractivity contribution in [2.24, 2.45) is 0 Å². The molecule has 2 rings (SSSR count). The van der Waals surface area contributed by atoms with Gasteiger partial charge >= 0.3 is 5.97 Å². The fourth-order valence-electron chi connectivity index (χ4n) is 1.83. The number of pyridine rings is 1. The topological polar surface area (TPSA) is 86.5 Å². The lowest BCUT2D eigenvalue weighted by atomic mass is 10.2. The lowest BCUT2D eigenvalue weighted by Gasteiger charge is -2.11. The highest BCUT2D eigenvalue weighted by atomic mass is 16.5. The Morgan fingerprint density at radius 3 is 2.57 bits per heavy atom. The minimum Gasteiger partial charge on any atom is -0.497 e. The number of esters is 1. The molecule has 3 N–H and O–H groups in total. The maximum atomic E-state index is 11.6. The van der Waals surface area contributed by atoms with Crippen LogP contribution < -0.4 is 15.8 Å². The second-order valence-corrected chi connectivity index (χ2v) is 4.31. The predicted molar refractivity (Wildman–Crippen MR) is 80.3 cm³/mol. The van der Waals surface area contributed by atoms with Crippen molar-refractivity contribution < 1.29 is 14.3 Å². The Morgan fingerprint density at radius 1 is 1.24 bits per heavy atom. The summed E-state index contributed by atoms with van der Waals surface area (Å²) in [5.41, 5.74) is 7.54. The van der Waals surface area contributed by atoms with E-state index in [1.807, 2.05) is 24.3 Å². The summed E-state index contributed by atoms with van der Waals surface area (Å²) in [5.74, 6) is 0.764. The predicted octanol–water partition coefficient (Wildman–Crippen LogP) is 2.07. The molecule has 0 aliphatic rings. The van der Waals surface area contributed by atoms with E-state index in [0.717, 1.165) is 11.3 Å². The molecule has 0 aliphatic heterocycles. The molecular formula is C15H17N3O3. The average molecular weight is 287 g/mol. The van der Waals surface area contributed by atoms with Crippen LogP contribution in [0.4, 0.5) is 11.5 Å². The monoisotopic (exact) mass is 287 g/mol. The molecule has 0 radical (unpaired) electrons. The van der Waals surface area contributed by atoms with Crippen molar-refractivity contribution in [1.82, 2.24) is 4.98 Å². The molecule has 21 heavy (non-hydrogen) atoms. The van der Waals surface area contributed by atoms with Crippen LogP contribution in [0.3, 0.4) is 0 Å². The average Bonchev–Trinajstić information content (AvgIpc) is 2.53. The second kappa shape index (κ2) is 6.60. The molecule has 1 aromatic carbocycles. The molecule has 6 nitrogen and oxygen atoms in total. The first kappa shape index (κ1) is 14.6. The Morgan fingerprint density at radius 2 is 1.95 bits per heavy atom. The van der Waals surface area contributed by atoms with Gasteiger partial charge in [-0.25, -0.2) is 9.78 Å². The summed E-state index contributed by atoms with van der Waals surface area (Å²) in [5, 5.41) is 3.10. The maximum absolute atomic E-state index is 11.6. The molecule has 6 heteroatoms. The number of rotatable bonds is 5. The summed E-state index contributed by atoms with van der Waals surface area (Å²) in [6, 6.07) is 9.15. The first-order valence-corrected chi connectivity index (χ1v) is 6.35. The molecule has 110 valence electrons. The molecule has 1 aromatic heterocycles. The van der Waals surface area contributed by atoms with Crippen LogP contribution >= 0.6 is 0 Å². The molecule has 1 heterocycles. The molecule has 0 spiro atoms. The van der Waals surface area contributed by atoms with Gasteiger partial charge in [-0.05, 0) is 23.8 Å². The highest BCUT2D eigenvalue weighted by Crippen LogP contribution is 2.21. The van der Waals surface area contributed by atoms with E-state index in [9.17, 15) is 4.79 Å². The van der Waals surface area contributed by atoms with Crippen LogP contribution in [0.25, 0.3) is 0 Å². The van der Waals surface area contributed by atoms with E-state index in [2.05, 4.69) is 15.0 Å². The number of nitrogens with one attached hydrogen (secondary N) is 1. The summed E-state index contributed by atoms with van der Waals surface area (Å²) in [6.07, 6.45) is 1.51. The largest absolute Gasteiger partial charge is 0.497 e. The van der Waals surface area contributed by atoms with Crippen LogP contribution in [0.5, 0.6) is 5.75 Å². The van der Waals surface area contributed by atoms with Crippen LogP contribution in [0.1, 0.15) is 15.9 Å². The van der Waals surface area contributed by atoms with Crippen molar-refractivity contribution in [2.45, 2.75) is 6.54 Å². The number of methoxy groups -OCH3 is 2. The fourth-order valence-corrected chi connectivity index (χ4v) is 1.83. The minimum absolute atomic E-state index is 0.276. The number of nitrogens with zero attached hydrogens (tertiary/aromatic N) is 1. The fraction of sp³-hybridized carbons (Fsp3) is 0.200. The third-order valence-electron chi connectivity index (χ3n) is 3.01. The Kier molecular flexibility index (Phi) is 4.61. The number of aromatic nitrogens is 1. The summed E-state index contributed by atoms with van der Waals surface area (Å²) >= 11 is 0. The van der Waals surface area contributed by atoms with E-state index in [1.165, 1.54) is 19.4 Å². The van der Waals surface area contributed by atoms with Gasteiger partial charge in [-0.15, -0.1) is 0 Å². The van der Waals surface area contributed by atoms with E-state index in [4.69, 9.17) is 10.5 Å². The summed E-state index contributed by atoms with van der Waals surface area (Å²) in [7, 11) is 2.93. The lowest BCUT2D eigenvalue weighted by Crippen LogP contribution is -2.10. The zero-order chi connectivity index (χ0) is 15.2. The Labute approximate surface area is 122 Å². The van der Waals surface area contributed by atoms with Gasteiger partial charge in [-0.1, -0.05) is 12.1 Å². The number of benzene rings is 1. The summed E-state index contributed by atoms with van der Waals surface area (Å²) in [4.78, 5) is 15.7. The highest BCUT2D eigenvalue weighted by Gasteiger charge is 2.13. The molecule has 0 atom stereocenters. The van der Waals surface area contributed by atoms with E-state index in [-0.39, 0.29) is 5.69 Å². The van der Waals surface area contributed by atoms with E-state index >= 15 is 0 Å². The third-order valence-corrected chi connectivity index (χ3v) is 3.01. The van der Waals surface area contributed by atoms with Gasteiger partial charge in [0.05, 0.1) is 25.5 Å². The zero-order valence-electron chi connectivity index (χ0n) is 11.9. The zero-order valence-corrected chi connectivity index (χ0v) is 11.9. The third kappa shape index (κ3) is 3.42. The van der Waals surface area contributed by atoms with Crippen molar-refractivity contribution in [3.63, 3.8) is 0 Å². The van der Waals surface area contributed by atoms with Crippen LogP contribution in [-0.4, -0.2) is 25.2 Å².